The summed E-state index contributed by atoms with van der Waals surface area (Å²) in [5, 5.41) is 3.05. The quantitative estimate of drug-likeness (QED) is 0.510. The van der Waals surface area contributed by atoms with Gasteiger partial charge in [-0.2, -0.15) is 0 Å². The normalized spacial score (nSPS) is 16.3. The lowest BCUT2D eigenvalue weighted by Gasteiger charge is -2.32. The number of amides is 1. The smallest absolute Gasteiger partial charge is 0.404 e. The van der Waals surface area contributed by atoms with Crippen LogP contribution in [0.4, 0.5) is 19.0 Å². The minimum atomic E-state index is -4.72. The van der Waals surface area contributed by atoms with Gasteiger partial charge < -0.3 is 16.0 Å². The first-order chi connectivity index (χ1) is 14.6. The van der Waals surface area contributed by atoms with E-state index in [-0.39, 0.29) is 12.5 Å². The van der Waals surface area contributed by atoms with E-state index < -0.39 is 18.5 Å². The molecule has 0 aromatic carbocycles. The molecule has 3 N–H and O–H groups in total. The number of amidine groups is 1. The molecule has 0 bridgehead atoms. The fourth-order valence-corrected chi connectivity index (χ4v) is 4.61. The molecule has 0 unspecified atom stereocenters. The van der Waals surface area contributed by atoms with Gasteiger partial charge in [-0.25, -0.2) is 4.98 Å². The fourth-order valence-electron chi connectivity index (χ4n) is 3.35. The molecule has 0 saturated carbocycles. The summed E-state index contributed by atoms with van der Waals surface area (Å²) in [7, 11) is 1.62. The van der Waals surface area contributed by atoms with Crippen molar-refractivity contribution in [3.63, 3.8) is 0 Å². The lowest BCUT2D eigenvalue weighted by atomic mass is 10.0. The molecule has 2 aromatic rings. The van der Waals surface area contributed by atoms with E-state index in [1.807, 2.05) is 26.0 Å². The van der Waals surface area contributed by atoms with E-state index in [4.69, 9.17) is 5.73 Å². The Labute approximate surface area is 181 Å². The van der Waals surface area contributed by atoms with Crippen LogP contribution in [-0.2, 0) is 10.3 Å². The van der Waals surface area contributed by atoms with Gasteiger partial charge in [-0.15, -0.1) is 24.5 Å². The molecular weight excluding hydrogens is 431 g/mol. The van der Waals surface area contributed by atoms with Gasteiger partial charge in [0.15, 0.2) is 0 Å². The Morgan fingerprint density at radius 3 is 2.77 bits per heavy atom. The van der Waals surface area contributed by atoms with Crippen LogP contribution in [0.1, 0.15) is 29.1 Å². The van der Waals surface area contributed by atoms with Crippen molar-refractivity contribution in [2.75, 3.05) is 25.5 Å². The number of hydrogen-bond donors (Lipinski definition) is 2. The number of fused-ring (bicyclic) bond motifs is 1. The van der Waals surface area contributed by atoms with Gasteiger partial charge >= 0.3 is 6.36 Å². The van der Waals surface area contributed by atoms with Crippen molar-refractivity contribution in [2.24, 2.45) is 10.7 Å². The molecule has 3 rings (SSSR count). The van der Waals surface area contributed by atoms with E-state index in [1.54, 1.807) is 25.4 Å². The van der Waals surface area contributed by atoms with Gasteiger partial charge in [0, 0.05) is 29.5 Å². The fraction of sp³-hybridized carbons (Fsp3) is 0.350. The maximum Gasteiger partial charge on any atom is 0.522 e. The van der Waals surface area contributed by atoms with Crippen LogP contribution in [0.5, 0.6) is 0 Å². The number of nitrogens with one attached hydrogen (secondary N) is 1. The van der Waals surface area contributed by atoms with Crippen molar-refractivity contribution in [3.8, 4) is 10.4 Å². The number of nitrogens with two attached hydrogens (primary N) is 1. The second-order valence-corrected chi connectivity index (χ2v) is 8.24. The number of hydrogen-bond acceptors (Lipinski definition) is 6. The monoisotopic (exact) mass is 453 g/mol. The van der Waals surface area contributed by atoms with Crippen molar-refractivity contribution < 1.29 is 22.7 Å². The molecule has 7 nitrogen and oxygen atoms in total. The number of nitrogens with zero attached hydrogens (tertiary/aromatic N) is 3. The molecule has 0 spiro atoms. The third-order valence-electron chi connectivity index (χ3n) is 4.81. The molecular formula is C20H22F3N5O2S. The first kappa shape index (κ1) is 22.8. The van der Waals surface area contributed by atoms with E-state index in [0.29, 0.717) is 17.2 Å². The molecule has 31 heavy (non-hydrogen) atoms. The minimum Gasteiger partial charge on any atom is -0.404 e. The second kappa shape index (κ2) is 8.67. The number of carbonyl (C=O) groups excluding carboxylic acids is 1. The molecule has 0 saturated heterocycles. The summed E-state index contributed by atoms with van der Waals surface area (Å²) >= 11 is 1.43. The highest BCUT2D eigenvalue weighted by atomic mass is 32.1. The van der Waals surface area contributed by atoms with Crippen LogP contribution in [0.15, 0.2) is 41.7 Å². The summed E-state index contributed by atoms with van der Waals surface area (Å²) in [6.45, 7) is 2.86. The largest absolute Gasteiger partial charge is 0.522 e. The molecule has 0 aliphatic carbocycles. The van der Waals surface area contributed by atoms with E-state index >= 15 is 0 Å². The van der Waals surface area contributed by atoms with Gasteiger partial charge in [-0.3, -0.25) is 14.5 Å². The molecule has 1 amide bonds. The average molecular weight is 453 g/mol. The summed E-state index contributed by atoms with van der Waals surface area (Å²) in [5.41, 5.74) is 6.00. The van der Waals surface area contributed by atoms with Gasteiger partial charge in [0.1, 0.15) is 11.7 Å². The number of thiophene rings is 1. The SMILES string of the molecule is CN=C(C=CN)Nc1cc(-c2cc3c(s2)C(C)(C)N(CCOC(F)(F)F)C3=O)ccn1. The maximum atomic E-state index is 12.9. The van der Waals surface area contributed by atoms with Crippen molar-refractivity contribution in [2.45, 2.75) is 25.7 Å². The Morgan fingerprint density at radius 2 is 2.16 bits per heavy atom. The van der Waals surface area contributed by atoms with Crippen LogP contribution < -0.4 is 11.1 Å². The lowest BCUT2D eigenvalue weighted by Crippen LogP contribution is -2.41. The number of halogens is 3. The third-order valence-corrected chi connectivity index (χ3v) is 6.31. The van der Waals surface area contributed by atoms with Gasteiger partial charge in [-0.1, -0.05) is 0 Å². The van der Waals surface area contributed by atoms with Gasteiger partial charge in [0.2, 0.25) is 0 Å². The summed E-state index contributed by atoms with van der Waals surface area (Å²) in [6.07, 6.45) is -0.121. The summed E-state index contributed by atoms with van der Waals surface area (Å²) < 4.78 is 40.7. The number of alkyl halides is 3. The number of pyridine rings is 1. The molecule has 1 aliphatic rings. The lowest BCUT2D eigenvalue weighted by molar-refractivity contribution is -0.325. The zero-order valence-electron chi connectivity index (χ0n) is 17.2. The number of aromatic nitrogens is 1. The average Bonchev–Trinajstić information content (AvgIpc) is 3.22. The second-order valence-electron chi connectivity index (χ2n) is 7.19. The predicted molar refractivity (Wildman–Crippen MR) is 114 cm³/mol. The number of aliphatic imine (C=N–C) groups is 1. The molecule has 2 aromatic heterocycles. The van der Waals surface area contributed by atoms with E-state index in [9.17, 15) is 18.0 Å². The number of carbonyl (C=O) groups is 1. The predicted octanol–water partition coefficient (Wildman–Crippen LogP) is 3.95. The summed E-state index contributed by atoms with van der Waals surface area (Å²) in [6, 6.07) is 5.41. The van der Waals surface area contributed by atoms with Gasteiger partial charge in [0.25, 0.3) is 5.91 Å². The Kier molecular flexibility index (Phi) is 6.37. The molecule has 1 aliphatic heterocycles. The van der Waals surface area contributed by atoms with Crippen LogP contribution in [-0.4, -0.2) is 48.2 Å². The van der Waals surface area contributed by atoms with Crippen molar-refractivity contribution >= 4 is 28.9 Å². The molecule has 3 heterocycles. The van der Waals surface area contributed by atoms with E-state index in [2.05, 4.69) is 20.0 Å². The highest BCUT2D eigenvalue weighted by molar-refractivity contribution is 7.16. The number of rotatable bonds is 6. The van der Waals surface area contributed by atoms with Gasteiger partial charge in [0.05, 0.1) is 17.7 Å². The standard InChI is InChI=1S/C20H22F3N5O2S/c1-19(2)17-13(18(29)28(19)8-9-30-20(21,22)23)11-14(31-17)12-5-7-26-16(10-12)27-15(25-3)4-6-24/h4-7,10-11H,8-9,24H2,1-3H3,(H,25,26,27). The summed E-state index contributed by atoms with van der Waals surface area (Å²) in [4.78, 5) is 24.3. The van der Waals surface area contributed by atoms with E-state index in [0.717, 1.165) is 15.3 Å². The Balaban J connectivity index is 1.82. The van der Waals surface area contributed by atoms with Crippen molar-refractivity contribution in [1.29, 1.82) is 0 Å². The number of anilines is 1. The molecule has 166 valence electrons. The first-order valence-corrected chi connectivity index (χ1v) is 10.1. The van der Waals surface area contributed by atoms with Crippen LogP contribution in [0, 0.1) is 0 Å². The van der Waals surface area contributed by atoms with E-state index in [1.165, 1.54) is 22.4 Å². The van der Waals surface area contributed by atoms with Crippen LogP contribution >= 0.6 is 11.3 Å². The highest BCUT2D eigenvalue weighted by Crippen LogP contribution is 2.46. The zero-order valence-corrected chi connectivity index (χ0v) is 18.0. The first-order valence-electron chi connectivity index (χ1n) is 9.32. The molecule has 0 radical (unpaired) electrons. The Hall–Kier alpha value is -2.92. The van der Waals surface area contributed by atoms with Crippen LogP contribution in [0.3, 0.4) is 0 Å². The maximum absolute atomic E-state index is 12.9. The van der Waals surface area contributed by atoms with Crippen LogP contribution in [0.25, 0.3) is 10.4 Å². The van der Waals surface area contributed by atoms with Gasteiger partial charge in [-0.05, 0) is 49.9 Å². The third kappa shape index (κ3) is 4.88. The van der Waals surface area contributed by atoms with Crippen molar-refractivity contribution in [3.05, 3.63) is 47.1 Å². The zero-order chi connectivity index (χ0) is 22.8. The Morgan fingerprint density at radius 1 is 1.42 bits per heavy atom. The van der Waals surface area contributed by atoms with Crippen LogP contribution in [0.2, 0.25) is 0 Å². The summed E-state index contributed by atoms with van der Waals surface area (Å²) in [5.74, 6) is 0.782. The topological polar surface area (TPSA) is 92.8 Å². The number of ether oxygens (including phenoxy) is 1. The molecule has 11 heteroatoms. The van der Waals surface area contributed by atoms with Crippen molar-refractivity contribution in [1.82, 2.24) is 9.88 Å². The Bertz CT molecular complexity index is 1030. The highest BCUT2D eigenvalue weighted by Gasteiger charge is 2.45. The molecule has 0 fully saturated rings. The minimum absolute atomic E-state index is 0.154. The molecule has 0 atom stereocenters.